The van der Waals surface area contributed by atoms with E-state index in [4.69, 9.17) is 4.74 Å². The summed E-state index contributed by atoms with van der Waals surface area (Å²) in [4.78, 5) is 12.2. The summed E-state index contributed by atoms with van der Waals surface area (Å²) in [5.41, 5.74) is 1.27. The third kappa shape index (κ3) is 6.33. The van der Waals surface area contributed by atoms with Crippen LogP contribution in [-0.4, -0.2) is 31.6 Å². The molecular formula is C19H31ClN2O2. The fourth-order valence-corrected chi connectivity index (χ4v) is 2.78. The molecule has 0 saturated carbocycles. The number of hydrogen-bond acceptors (Lipinski definition) is 3. The SMILES string of the molecule is CC(Oc1cccc(C(C)(C)C)c1)C(=O)NCC1CCCNC1.Cl. The van der Waals surface area contributed by atoms with E-state index in [1.807, 2.05) is 18.2 Å². The molecule has 1 heterocycles. The molecule has 1 aliphatic heterocycles. The lowest BCUT2D eigenvalue weighted by Crippen LogP contribution is -2.42. The summed E-state index contributed by atoms with van der Waals surface area (Å²) < 4.78 is 5.82. The van der Waals surface area contributed by atoms with E-state index in [2.05, 4.69) is 37.5 Å². The Morgan fingerprint density at radius 1 is 1.42 bits per heavy atom. The molecule has 4 nitrogen and oxygen atoms in total. The second-order valence-corrected chi connectivity index (χ2v) is 7.50. The minimum absolute atomic E-state index is 0. The zero-order chi connectivity index (χ0) is 16.9. The first-order valence-corrected chi connectivity index (χ1v) is 8.62. The molecule has 2 atom stereocenters. The van der Waals surface area contributed by atoms with Crippen molar-refractivity contribution in [2.24, 2.45) is 5.92 Å². The lowest BCUT2D eigenvalue weighted by atomic mass is 9.87. The van der Waals surface area contributed by atoms with Gasteiger partial charge in [0.05, 0.1) is 0 Å². The van der Waals surface area contributed by atoms with E-state index in [1.165, 1.54) is 18.4 Å². The molecule has 1 amide bonds. The number of carbonyl (C=O) groups is 1. The van der Waals surface area contributed by atoms with Crippen molar-refractivity contribution in [1.29, 1.82) is 0 Å². The molecule has 24 heavy (non-hydrogen) atoms. The Hall–Kier alpha value is -1.26. The number of amides is 1. The molecule has 1 aromatic carbocycles. The van der Waals surface area contributed by atoms with Crippen LogP contribution in [0.4, 0.5) is 0 Å². The Balaban J connectivity index is 0.00000288. The first-order chi connectivity index (χ1) is 10.9. The average Bonchev–Trinajstić information content (AvgIpc) is 2.53. The van der Waals surface area contributed by atoms with Crippen molar-refractivity contribution in [3.8, 4) is 5.75 Å². The predicted octanol–water partition coefficient (Wildman–Crippen LogP) is 3.29. The lowest BCUT2D eigenvalue weighted by molar-refractivity contribution is -0.127. The smallest absolute Gasteiger partial charge is 0.260 e. The summed E-state index contributed by atoms with van der Waals surface area (Å²) in [6.45, 7) is 11.1. The maximum absolute atomic E-state index is 12.2. The van der Waals surface area contributed by atoms with Crippen LogP contribution < -0.4 is 15.4 Å². The van der Waals surface area contributed by atoms with Crippen LogP contribution in [0.5, 0.6) is 5.75 Å². The molecule has 2 rings (SSSR count). The van der Waals surface area contributed by atoms with E-state index in [1.54, 1.807) is 6.92 Å². The molecule has 0 aliphatic carbocycles. The molecular weight excluding hydrogens is 324 g/mol. The van der Waals surface area contributed by atoms with E-state index in [-0.39, 0.29) is 23.7 Å². The highest BCUT2D eigenvalue weighted by Gasteiger charge is 2.19. The van der Waals surface area contributed by atoms with Crippen molar-refractivity contribution in [2.75, 3.05) is 19.6 Å². The molecule has 0 bridgehead atoms. The number of hydrogen-bond donors (Lipinski definition) is 2. The van der Waals surface area contributed by atoms with Crippen LogP contribution >= 0.6 is 12.4 Å². The number of carbonyl (C=O) groups excluding carboxylic acids is 1. The Morgan fingerprint density at radius 2 is 2.17 bits per heavy atom. The van der Waals surface area contributed by atoms with Crippen LogP contribution in [0, 0.1) is 5.92 Å². The summed E-state index contributed by atoms with van der Waals surface area (Å²) >= 11 is 0. The minimum atomic E-state index is -0.484. The quantitative estimate of drug-likeness (QED) is 0.853. The van der Waals surface area contributed by atoms with Crippen molar-refractivity contribution in [3.05, 3.63) is 29.8 Å². The maximum atomic E-state index is 12.2. The van der Waals surface area contributed by atoms with Gasteiger partial charge in [-0.1, -0.05) is 32.9 Å². The number of piperidine rings is 1. The van der Waals surface area contributed by atoms with Crippen molar-refractivity contribution in [1.82, 2.24) is 10.6 Å². The molecule has 5 heteroatoms. The van der Waals surface area contributed by atoms with Gasteiger partial charge in [-0.15, -0.1) is 12.4 Å². The van der Waals surface area contributed by atoms with Crippen LogP contribution in [0.1, 0.15) is 46.1 Å². The molecule has 2 unspecified atom stereocenters. The Kier molecular flexibility index (Phi) is 8.04. The summed E-state index contributed by atoms with van der Waals surface area (Å²) in [6.07, 6.45) is 1.88. The molecule has 136 valence electrons. The highest BCUT2D eigenvalue weighted by Crippen LogP contribution is 2.26. The van der Waals surface area contributed by atoms with Gasteiger partial charge in [-0.05, 0) is 61.9 Å². The third-order valence-corrected chi connectivity index (χ3v) is 4.35. The van der Waals surface area contributed by atoms with Gasteiger partial charge in [-0.25, -0.2) is 0 Å². The zero-order valence-corrected chi connectivity index (χ0v) is 16.0. The molecule has 1 aliphatic rings. The zero-order valence-electron chi connectivity index (χ0n) is 15.2. The highest BCUT2D eigenvalue weighted by molar-refractivity contribution is 5.85. The Labute approximate surface area is 152 Å². The highest BCUT2D eigenvalue weighted by atomic mass is 35.5. The average molecular weight is 355 g/mol. The summed E-state index contributed by atoms with van der Waals surface area (Å²) in [5, 5.41) is 6.38. The van der Waals surface area contributed by atoms with E-state index >= 15 is 0 Å². The second-order valence-electron chi connectivity index (χ2n) is 7.50. The van der Waals surface area contributed by atoms with Crippen LogP contribution in [0.15, 0.2) is 24.3 Å². The first-order valence-electron chi connectivity index (χ1n) is 8.62. The Morgan fingerprint density at radius 3 is 2.79 bits per heavy atom. The Bertz CT molecular complexity index is 522. The second kappa shape index (κ2) is 9.28. The van der Waals surface area contributed by atoms with Gasteiger partial charge < -0.3 is 15.4 Å². The summed E-state index contributed by atoms with van der Waals surface area (Å²) in [7, 11) is 0. The summed E-state index contributed by atoms with van der Waals surface area (Å²) in [6, 6.07) is 8.00. The summed E-state index contributed by atoms with van der Waals surface area (Å²) in [5.74, 6) is 1.24. The predicted molar refractivity (Wildman–Crippen MR) is 101 cm³/mol. The van der Waals surface area contributed by atoms with E-state index in [0.29, 0.717) is 5.92 Å². The van der Waals surface area contributed by atoms with Gasteiger partial charge in [0.15, 0.2) is 6.10 Å². The third-order valence-electron chi connectivity index (χ3n) is 4.35. The fraction of sp³-hybridized carbons (Fsp3) is 0.632. The van der Waals surface area contributed by atoms with Gasteiger partial charge in [0.25, 0.3) is 5.91 Å². The number of ether oxygens (including phenoxy) is 1. The number of rotatable bonds is 5. The van der Waals surface area contributed by atoms with Crippen LogP contribution in [0.2, 0.25) is 0 Å². The van der Waals surface area contributed by atoms with Crippen LogP contribution in [0.25, 0.3) is 0 Å². The largest absolute Gasteiger partial charge is 0.481 e. The number of halogens is 1. The molecule has 1 saturated heterocycles. The number of benzene rings is 1. The van der Waals surface area contributed by atoms with Gasteiger partial charge in [-0.3, -0.25) is 4.79 Å². The lowest BCUT2D eigenvalue weighted by Gasteiger charge is -2.24. The standard InChI is InChI=1S/C19H30N2O2.ClH/c1-14(18(22)21-13-15-7-6-10-20-12-15)23-17-9-5-8-16(11-17)19(2,3)4;/h5,8-9,11,14-15,20H,6-7,10,12-13H2,1-4H3,(H,21,22);1H. The monoisotopic (exact) mass is 354 g/mol. The van der Waals surface area contributed by atoms with E-state index in [0.717, 1.165) is 25.4 Å². The topological polar surface area (TPSA) is 50.4 Å². The fourth-order valence-electron chi connectivity index (χ4n) is 2.78. The van der Waals surface area contributed by atoms with E-state index < -0.39 is 6.10 Å². The molecule has 0 spiro atoms. The number of nitrogens with one attached hydrogen (secondary N) is 2. The molecule has 0 radical (unpaired) electrons. The van der Waals surface area contributed by atoms with Crippen molar-refractivity contribution in [2.45, 2.75) is 52.1 Å². The molecule has 1 aromatic rings. The van der Waals surface area contributed by atoms with Gasteiger partial charge in [0.1, 0.15) is 5.75 Å². The van der Waals surface area contributed by atoms with Crippen LogP contribution in [0.3, 0.4) is 0 Å². The maximum Gasteiger partial charge on any atom is 0.260 e. The molecule has 1 fully saturated rings. The molecule has 2 N–H and O–H groups in total. The van der Waals surface area contributed by atoms with Crippen molar-refractivity contribution in [3.63, 3.8) is 0 Å². The molecule has 0 aromatic heterocycles. The van der Waals surface area contributed by atoms with Gasteiger partial charge in [0.2, 0.25) is 0 Å². The van der Waals surface area contributed by atoms with Gasteiger partial charge >= 0.3 is 0 Å². The van der Waals surface area contributed by atoms with Crippen LogP contribution in [-0.2, 0) is 10.2 Å². The normalized spacial score (nSPS) is 19.1. The van der Waals surface area contributed by atoms with Crippen molar-refractivity contribution < 1.29 is 9.53 Å². The van der Waals surface area contributed by atoms with E-state index in [9.17, 15) is 4.79 Å². The first kappa shape index (κ1) is 20.8. The van der Waals surface area contributed by atoms with Gasteiger partial charge in [0, 0.05) is 6.54 Å². The van der Waals surface area contributed by atoms with Crippen molar-refractivity contribution >= 4 is 18.3 Å². The van der Waals surface area contributed by atoms with Gasteiger partial charge in [-0.2, -0.15) is 0 Å². The minimum Gasteiger partial charge on any atom is -0.481 e.